The van der Waals surface area contributed by atoms with Crippen molar-refractivity contribution in [2.75, 3.05) is 0 Å². The molecular formula is C14H19NO. The summed E-state index contributed by atoms with van der Waals surface area (Å²) in [6.07, 6.45) is 5.04. The van der Waals surface area contributed by atoms with Gasteiger partial charge in [-0.2, -0.15) is 0 Å². The maximum absolute atomic E-state index is 10.5. The van der Waals surface area contributed by atoms with E-state index >= 15 is 0 Å². The van der Waals surface area contributed by atoms with Gasteiger partial charge in [-0.3, -0.25) is 0 Å². The highest BCUT2D eigenvalue weighted by molar-refractivity contribution is 5.37. The monoisotopic (exact) mass is 217 g/mol. The Hall–Kier alpha value is -0.860. The van der Waals surface area contributed by atoms with Crippen molar-refractivity contribution in [3.05, 3.63) is 35.4 Å². The molecule has 3 N–H and O–H groups in total. The molecule has 0 aromatic heterocycles. The van der Waals surface area contributed by atoms with Crippen molar-refractivity contribution in [1.82, 2.24) is 0 Å². The van der Waals surface area contributed by atoms with E-state index < -0.39 is 0 Å². The number of benzene rings is 1. The summed E-state index contributed by atoms with van der Waals surface area (Å²) in [4.78, 5) is 0. The topological polar surface area (TPSA) is 46.2 Å². The number of aliphatic hydroxyl groups is 1. The van der Waals surface area contributed by atoms with Crippen LogP contribution in [0.4, 0.5) is 0 Å². The molecule has 3 rings (SSSR count). The molecule has 16 heavy (non-hydrogen) atoms. The zero-order valence-electron chi connectivity index (χ0n) is 9.52. The fourth-order valence-electron chi connectivity index (χ4n) is 3.43. The van der Waals surface area contributed by atoms with Crippen LogP contribution in [0.15, 0.2) is 24.3 Å². The summed E-state index contributed by atoms with van der Waals surface area (Å²) in [5.41, 5.74) is 8.54. The van der Waals surface area contributed by atoms with Crippen LogP contribution < -0.4 is 5.73 Å². The second-order valence-electron chi connectivity index (χ2n) is 5.48. The molecule has 86 valence electrons. The maximum atomic E-state index is 10.5. The number of aliphatic hydroxyl groups excluding tert-OH is 1. The second-order valence-corrected chi connectivity index (χ2v) is 5.48. The van der Waals surface area contributed by atoms with E-state index in [-0.39, 0.29) is 11.5 Å². The zero-order chi connectivity index (χ0) is 11.2. The van der Waals surface area contributed by atoms with Gasteiger partial charge in [0.05, 0.1) is 6.10 Å². The summed E-state index contributed by atoms with van der Waals surface area (Å²) in [6, 6.07) is 8.67. The lowest BCUT2D eigenvalue weighted by Crippen LogP contribution is -2.36. The third-order valence-corrected chi connectivity index (χ3v) is 4.50. The standard InChI is InChI=1S/C14H19NO/c15-11-5-7-14(8-6-11)9-10-3-1-2-4-12(10)13(14)16/h1-4,11,13,16H,5-9,15H2. The van der Waals surface area contributed by atoms with Gasteiger partial charge in [0.1, 0.15) is 0 Å². The molecule has 2 aliphatic carbocycles. The van der Waals surface area contributed by atoms with Crippen LogP contribution in [0.1, 0.15) is 42.9 Å². The van der Waals surface area contributed by atoms with Crippen LogP contribution in [0.3, 0.4) is 0 Å². The van der Waals surface area contributed by atoms with Gasteiger partial charge in [-0.15, -0.1) is 0 Å². The normalized spacial score (nSPS) is 37.6. The zero-order valence-corrected chi connectivity index (χ0v) is 9.52. The average Bonchev–Trinajstić information content (AvgIpc) is 2.58. The van der Waals surface area contributed by atoms with Gasteiger partial charge in [0.25, 0.3) is 0 Å². The Bertz CT molecular complexity index is 393. The van der Waals surface area contributed by atoms with Crippen molar-refractivity contribution in [1.29, 1.82) is 0 Å². The highest BCUT2D eigenvalue weighted by Gasteiger charge is 2.46. The van der Waals surface area contributed by atoms with E-state index in [2.05, 4.69) is 18.2 Å². The summed E-state index contributed by atoms with van der Waals surface area (Å²) in [5.74, 6) is 0. The van der Waals surface area contributed by atoms with Crippen molar-refractivity contribution >= 4 is 0 Å². The first kappa shape index (κ1) is 10.3. The number of hydrogen-bond donors (Lipinski definition) is 2. The van der Waals surface area contributed by atoms with E-state index in [1.807, 2.05) is 6.07 Å². The third kappa shape index (κ3) is 1.40. The van der Waals surface area contributed by atoms with Crippen LogP contribution in [0.2, 0.25) is 0 Å². The van der Waals surface area contributed by atoms with Gasteiger partial charge in [0.2, 0.25) is 0 Å². The smallest absolute Gasteiger partial charge is 0.0852 e. The van der Waals surface area contributed by atoms with Crippen LogP contribution in [-0.4, -0.2) is 11.1 Å². The van der Waals surface area contributed by atoms with Crippen LogP contribution in [0.25, 0.3) is 0 Å². The van der Waals surface area contributed by atoms with E-state index in [0.717, 1.165) is 37.7 Å². The van der Waals surface area contributed by atoms with Crippen LogP contribution in [0.5, 0.6) is 0 Å². The minimum Gasteiger partial charge on any atom is -0.388 e. The molecule has 1 unspecified atom stereocenters. The summed E-state index contributed by atoms with van der Waals surface area (Å²) >= 11 is 0. The summed E-state index contributed by atoms with van der Waals surface area (Å²) in [5, 5.41) is 10.5. The lowest BCUT2D eigenvalue weighted by atomic mass is 9.69. The fourth-order valence-corrected chi connectivity index (χ4v) is 3.43. The SMILES string of the molecule is NC1CCC2(CC1)Cc1ccccc1C2O. The van der Waals surface area contributed by atoms with E-state index in [1.54, 1.807) is 0 Å². The summed E-state index contributed by atoms with van der Waals surface area (Å²) < 4.78 is 0. The quantitative estimate of drug-likeness (QED) is 0.699. The first-order chi connectivity index (χ1) is 7.71. The second kappa shape index (κ2) is 3.57. The molecule has 0 saturated heterocycles. The molecule has 1 saturated carbocycles. The van der Waals surface area contributed by atoms with E-state index in [1.165, 1.54) is 5.56 Å². The number of nitrogens with two attached hydrogens (primary N) is 1. The molecule has 1 aromatic rings. The van der Waals surface area contributed by atoms with Gasteiger partial charge in [0.15, 0.2) is 0 Å². The minimum absolute atomic E-state index is 0.0968. The first-order valence-electron chi connectivity index (χ1n) is 6.23. The molecule has 1 atom stereocenters. The van der Waals surface area contributed by atoms with Gasteiger partial charge in [-0.05, 0) is 43.2 Å². The lowest BCUT2D eigenvalue weighted by Gasteiger charge is -2.38. The Morgan fingerprint density at radius 1 is 1.19 bits per heavy atom. The third-order valence-electron chi connectivity index (χ3n) is 4.50. The molecule has 2 nitrogen and oxygen atoms in total. The highest BCUT2D eigenvalue weighted by Crippen LogP contribution is 2.53. The molecule has 2 heteroatoms. The molecule has 0 amide bonds. The van der Waals surface area contributed by atoms with Crippen LogP contribution in [0, 0.1) is 5.41 Å². The van der Waals surface area contributed by atoms with Crippen molar-refractivity contribution in [3.63, 3.8) is 0 Å². The lowest BCUT2D eigenvalue weighted by molar-refractivity contribution is 0.00631. The van der Waals surface area contributed by atoms with Gasteiger partial charge in [0, 0.05) is 11.5 Å². The van der Waals surface area contributed by atoms with Crippen LogP contribution in [-0.2, 0) is 6.42 Å². The van der Waals surface area contributed by atoms with E-state index in [0.29, 0.717) is 6.04 Å². The molecule has 1 fully saturated rings. The average molecular weight is 217 g/mol. The summed E-state index contributed by atoms with van der Waals surface area (Å²) in [6.45, 7) is 0. The predicted octanol–water partition coefficient (Wildman–Crippen LogP) is 2.16. The van der Waals surface area contributed by atoms with Crippen molar-refractivity contribution in [3.8, 4) is 0 Å². The van der Waals surface area contributed by atoms with E-state index in [9.17, 15) is 5.11 Å². The Morgan fingerprint density at radius 2 is 1.88 bits per heavy atom. The largest absolute Gasteiger partial charge is 0.388 e. The Balaban J connectivity index is 1.91. The number of hydrogen-bond acceptors (Lipinski definition) is 2. The molecule has 1 aromatic carbocycles. The van der Waals surface area contributed by atoms with E-state index in [4.69, 9.17) is 5.73 Å². The van der Waals surface area contributed by atoms with Crippen molar-refractivity contribution in [2.45, 2.75) is 44.2 Å². The fraction of sp³-hybridized carbons (Fsp3) is 0.571. The van der Waals surface area contributed by atoms with Gasteiger partial charge >= 0.3 is 0 Å². The highest BCUT2D eigenvalue weighted by atomic mass is 16.3. The number of fused-ring (bicyclic) bond motifs is 1. The first-order valence-corrected chi connectivity index (χ1v) is 6.23. The van der Waals surface area contributed by atoms with Gasteiger partial charge < -0.3 is 10.8 Å². The molecule has 0 radical (unpaired) electrons. The Labute approximate surface area is 96.5 Å². The predicted molar refractivity (Wildman–Crippen MR) is 64.0 cm³/mol. The Morgan fingerprint density at radius 3 is 2.56 bits per heavy atom. The molecule has 1 spiro atoms. The molecule has 2 aliphatic rings. The Kier molecular flexibility index (Phi) is 2.30. The van der Waals surface area contributed by atoms with Gasteiger partial charge in [-0.25, -0.2) is 0 Å². The maximum Gasteiger partial charge on any atom is 0.0852 e. The molecule has 0 heterocycles. The summed E-state index contributed by atoms with van der Waals surface area (Å²) in [7, 11) is 0. The number of rotatable bonds is 0. The minimum atomic E-state index is -0.267. The van der Waals surface area contributed by atoms with Crippen molar-refractivity contribution < 1.29 is 5.11 Å². The van der Waals surface area contributed by atoms with Crippen LogP contribution >= 0.6 is 0 Å². The molecular weight excluding hydrogens is 198 g/mol. The van der Waals surface area contributed by atoms with Crippen molar-refractivity contribution in [2.24, 2.45) is 11.1 Å². The molecule has 0 bridgehead atoms. The molecule has 0 aliphatic heterocycles. The van der Waals surface area contributed by atoms with Gasteiger partial charge in [-0.1, -0.05) is 24.3 Å².